The lowest BCUT2D eigenvalue weighted by molar-refractivity contribution is -0.258. The van der Waals surface area contributed by atoms with Crippen LogP contribution in [0.2, 0.25) is 18.1 Å². The molecular weight excluding hydrogens is 427 g/mol. The zero-order valence-corrected chi connectivity index (χ0v) is 18.7. The Kier molecular flexibility index (Phi) is 5.94. The van der Waals surface area contributed by atoms with Gasteiger partial charge in [0.05, 0.1) is 6.10 Å². The molecule has 0 saturated carbocycles. The van der Waals surface area contributed by atoms with Crippen molar-refractivity contribution in [3.8, 4) is 0 Å². The van der Waals surface area contributed by atoms with Crippen LogP contribution in [0.3, 0.4) is 0 Å². The molecule has 5 atom stereocenters. The summed E-state index contributed by atoms with van der Waals surface area (Å²) < 4.78 is 31.4. The minimum absolute atomic E-state index is 0.0616. The summed E-state index contributed by atoms with van der Waals surface area (Å²) in [5, 5.41) is 0.130. The van der Waals surface area contributed by atoms with Gasteiger partial charge in [0.25, 0.3) is 0 Å². The van der Waals surface area contributed by atoms with Crippen LogP contribution in [-0.2, 0) is 23.4 Å². The molecule has 5 nitrogen and oxygen atoms in total. The number of hydrogen-bond donors (Lipinski definition) is 0. The van der Waals surface area contributed by atoms with E-state index in [0.29, 0.717) is 0 Å². The molecule has 23 heavy (non-hydrogen) atoms. The van der Waals surface area contributed by atoms with Gasteiger partial charge in [0, 0.05) is 11.5 Å². The van der Waals surface area contributed by atoms with E-state index in [4.69, 9.17) is 23.4 Å². The molecule has 0 aromatic carbocycles. The number of alkyl halides is 1. The standard InChI is InChI=1S/C16H31IO5Si/c1-15(2,3)23(7,8)22-11-10(9-17)19-14(18-6)13-12(11)20-16(4,5)21-13/h10-14H,9H2,1-8H3/t10-,11-,12-,13-,14-/m1/s1. The third-order valence-corrected chi connectivity index (χ3v) is 10.4. The van der Waals surface area contributed by atoms with Gasteiger partial charge >= 0.3 is 0 Å². The second-order valence-corrected chi connectivity index (χ2v) is 14.0. The average molecular weight is 458 g/mol. The van der Waals surface area contributed by atoms with Crippen LogP contribution in [0.1, 0.15) is 34.6 Å². The molecule has 2 fully saturated rings. The SMILES string of the molecule is CO[C@@H]1O[C@H](CI)[C@@H](O[Si](C)(C)C(C)(C)C)[C@H]2OC(C)(C)O[C@@H]12. The summed E-state index contributed by atoms with van der Waals surface area (Å²) in [5.41, 5.74) is 0. The molecule has 0 aromatic heterocycles. The van der Waals surface area contributed by atoms with E-state index in [0.717, 1.165) is 4.43 Å². The van der Waals surface area contributed by atoms with Gasteiger partial charge in [0.2, 0.25) is 0 Å². The highest BCUT2D eigenvalue weighted by Gasteiger charge is 2.57. The Morgan fingerprint density at radius 3 is 2.17 bits per heavy atom. The van der Waals surface area contributed by atoms with E-state index in [2.05, 4.69) is 56.5 Å². The highest BCUT2D eigenvalue weighted by atomic mass is 127. The smallest absolute Gasteiger partial charge is 0.192 e. The number of halogens is 1. The van der Waals surface area contributed by atoms with Crippen molar-refractivity contribution in [1.29, 1.82) is 0 Å². The molecule has 136 valence electrons. The quantitative estimate of drug-likeness (QED) is 0.365. The topological polar surface area (TPSA) is 46.2 Å². The van der Waals surface area contributed by atoms with Crippen molar-refractivity contribution in [1.82, 2.24) is 0 Å². The molecule has 2 heterocycles. The fraction of sp³-hybridized carbons (Fsp3) is 1.00. The second-order valence-electron chi connectivity index (χ2n) is 8.34. The lowest BCUT2D eigenvalue weighted by Crippen LogP contribution is -2.61. The molecule has 2 aliphatic heterocycles. The van der Waals surface area contributed by atoms with Crippen LogP contribution in [0.15, 0.2) is 0 Å². The summed E-state index contributed by atoms with van der Waals surface area (Å²) in [6.07, 6.45) is -1.04. The third-order valence-electron chi connectivity index (χ3n) is 5.05. The number of hydrogen-bond acceptors (Lipinski definition) is 5. The van der Waals surface area contributed by atoms with Crippen molar-refractivity contribution in [3.05, 3.63) is 0 Å². The van der Waals surface area contributed by atoms with Crippen LogP contribution in [0.4, 0.5) is 0 Å². The molecule has 0 aromatic rings. The minimum atomic E-state index is -1.95. The van der Waals surface area contributed by atoms with Gasteiger partial charge in [-0.1, -0.05) is 43.4 Å². The largest absolute Gasteiger partial charge is 0.408 e. The minimum Gasteiger partial charge on any atom is -0.408 e. The Morgan fingerprint density at radius 2 is 1.70 bits per heavy atom. The molecule has 7 heteroatoms. The van der Waals surface area contributed by atoms with Gasteiger partial charge in [0.1, 0.15) is 18.3 Å². The van der Waals surface area contributed by atoms with E-state index in [1.807, 2.05) is 13.8 Å². The first-order chi connectivity index (χ1) is 10.4. The first-order valence-corrected chi connectivity index (χ1v) is 12.6. The fourth-order valence-electron chi connectivity index (χ4n) is 2.79. The Labute approximate surface area is 155 Å². The van der Waals surface area contributed by atoms with Gasteiger partial charge in [-0.3, -0.25) is 0 Å². The zero-order valence-electron chi connectivity index (χ0n) is 15.5. The van der Waals surface area contributed by atoms with Gasteiger partial charge in [-0.25, -0.2) is 0 Å². The molecule has 0 aliphatic carbocycles. The van der Waals surface area contributed by atoms with Crippen LogP contribution in [0.25, 0.3) is 0 Å². The third kappa shape index (κ3) is 4.12. The number of ether oxygens (including phenoxy) is 4. The summed E-state index contributed by atoms with van der Waals surface area (Å²) in [4.78, 5) is 0. The van der Waals surface area contributed by atoms with E-state index in [9.17, 15) is 0 Å². The molecular formula is C16H31IO5Si. The van der Waals surface area contributed by atoms with E-state index in [-0.39, 0.29) is 29.5 Å². The highest BCUT2D eigenvalue weighted by Crippen LogP contribution is 2.43. The van der Waals surface area contributed by atoms with Gasteiger partial charge in [0.15, 0.2) is 20.4 Å². The van der Waals surface area contributed by atoms with Gasteiger partial charge in [-0.05, 0) is 32.0 Å². The van der Waals surface area contributed by atoms with Crippen molar-refractivity contribution in [3.63, 3.8) is 0 Å². The Hall–Kier alpha value is 0.747. The molecule has 0 amide bonds. The van der Waals surface area contributed by atoms with Gasteiger partial charge in [-0.15, -0.1) is 0 Å². The highest BCUT2D eigenvalue weighted by molar-refractivity contribution is 14.1. The van der Waals surface area contributed by atoms with Crippen molar-refractivity contribution in [2.45, 2.75) is 89.2 Å². The number of rotatable bonds is 4. The molecule has 0 unspecified atom stereocenters. The molecule has 0 radical (unpaired) electrons. The maximum atomic E-state index is 6.70. The molecule has 2 aliphatic rings. The summed E-state index contributed by atoms with van der Waals surface area (Å²) in [6.45, 7) is 15.1. The first-order valence-electron chi connectivity index (χ1n) is 8.19. The van der Waals surface area contributed by atoms with Crippen molar-refractivity contribution < 1.29 is 23.4 Å². The van der Waals surface area contributed by atoms with Crippen LogP contribution in [0, 0.1) is 0 Å². The van der Waals surface area contributed by atoms with Gasteiger partial charge < -0.3 is 23.4 Å². The summed E-state index contributed by atoms with van der Waals surface area (Å²) in [6, 6.07) is 0. The summed E-state index contributed by atoms with van der Waals surface area (Å²) >= 11 is 2.34. The Bertz CT molecular complexity index is 423. The van der Waals surface area contributed by atoms with Crippen molar-refractivity contribution in [2.75, 3.05) is 11.5 Å². The summed E-state index contributed by atoms with van der Waals surface area (Å²) in [7, 11) is -0.300. The van der Waals surface area contributed by atoms with E-state index >= 15 is 0 Å². The van der Waals surface area contributed by atoms with Crippen molar-refractivity contribution in [2.24, 2.45) is 0 Å². The normalized spacial score (nSPS) is 37.7. The van der Waals surface area contributed by atoms with Crippen LogP contribution in [0.5, 0.6) is 0 Å². The van der Waals surface area contributed by atoms with Crippen LogP contribution in [-0.4, -0.2) is 56.3 Å². The second kappa shape index (κ2) is 6.81. The summed E-state index contributed by atoms with van der Waals surface area (Å²) in [5.74, 6) is -0.648. The van der Waals surface area contributed by atoms with Gasteiger partial charge in [-0.2, -0.15) is 0 Å². The first kappa shape index (κ1) is 20.1. The lowest BCUT2D eigenvalue weighted by atomic mass is 10.0. The predicted octanol–water partition coefficient (Wildman–Crippen LogP) is 3.70. The fourth-order valence-corrected chi connectivity index (χ4v) is 4.82. The Balaban J connectivity index is 2.28. The maximum absolute atomic E-state index is 6.70. The lowest BCUT2D eigenvalue weighted by Gasteiger charge is -2.46. The predicted molar refractivity (Wildman–Crippen MR) is 100 cm³/mol. The van der Waals surface area contributed by atoms with Crippen LogP contribution >= 0.6 is 22.6 Å². The molecule has 0 spiro atoms. The molecule has 2 saturated heterocycles. The molecule has 0 bridgehead atoms. The molecule has 2 rings (SSSR count). The average Bonchev–Trinajstić information content (AvgIpc) is 2.73. The Morgan fingerprint density at radius 1 is 1.13 bits per heavy atom. The maximum Gasteiger partial charge on any atom is 0.192 e. The van der Waals surface area contributed by atoms with Crippen molar-refractivity contribution >= 4 is 30.9 Å². The monoisotopic (exact) mass is 458 g/mol. The molecule has 0 N–H and O–H groups in total. The number of methoxy groups -OCH3 is 1. The van der Waals surface area contributed by atoms with E-state index in [1.54, 1.807) is 7.11 Å². The number of fused-ring (bicyclic) bond motifs is 1. The van der Waals surface area contributed by atoms with E-state index < -0.39 is 20.4 Å². The van der Waals surface area contributed by atoms with Crippen LogP contribution < -0.4 is 0 Å². The zero-order chi connectivity index (χ0) is 17.6. The van der Waals surface area contributed by atoms with E-state index in [1.165, 1.54) is 0 Å².